The lowest BCUT2D eigenvalue weighted by Gasteiger charge is -2.15. The topological polar surface area (TPSA) is 72.4 Å². The summed E-state index contributed by atoms with van der Waals surface area (Å²) >= 11 is 0. The van der Waals surface area contributed by atoms with E-state index in [4.69, 9.17) is 4.74 Å². The third kappa shape index (κ3) is 3.85. The van der Waals surface area contributed by atoms with Gasteiger partial charge in [-0.25, -0.2) is 13.1 Å². The summed E-state index contributed by atoms with van der Waals surface area (Å²) in [6, 6.07) is 1.60. The summed E-state index contributed by atoms with van der Waals surface area (Å²) in [4.78, 5) is 0.330. The third-order valence-electron chi connectivity index (χ3n) is 3.85. The standard InChI is InChI=1S/C14H25N3O3S/c1-4-15-9-12-8-13(10-17(12)5-2)21(18,19)16-14-6-7-20-11(14)3/h8,10-11,14-16H,4-7,9H2,1-3H3. The van der Waals surface area contributed by atoms with Gasteiger partial charge in [0.1, 0.15) is 0 Å². The molecule has 2 atom stereocenters. The van der Waals surface area contributed by atoms with Gasteiger partial charge in [-0.1, -0.05) is 6.92 Å². The number of hydrogen-bond donors (Lipinski definition) is 2. The van der Waals surface area contributed by atoms with E-state index in [1.807, 2.05) is 25.3 Å². The van der Waals surface area contributed by atoms with Crippen molar-refractivity contribution >= 4 is 10.0 Å². The van der Waals surface area contributed by atoms with Crippen molar-refractivity contribution in [3.05, 3.63) is 18.0 Å². The molecular weight excluding hydrogens is 290 g/mol. The largest absolute Gasteiger partial charge is 0.377 e. The van der Waals surface area contributed by atoms with Gasteiger partial charge in [0.2, 0.25) is 10.0 Å². The molecule has 0 amide bonds. The summed E-state index contributed by atoms with van der Waals surface area (Å²) in [5.74, 6) is 0. The summed E-state index contributed by atoms with van der Waals surface area (Å²) in [7, 11) is -3.49. The quantitative estimate of drug-likeness (QED) is 0.789. The van der Waals surface area contributed by atoms with Gasteiger partial charge < -0.3 is 14.6 Å². The third-order valence-corrected chi connectivity index (χ3v) is 5.31. The lowest BCUT2D eigenvalue weighted by atomic mass is 10.2. The van der Waals surface area contributed by atoms with Crippen LogP contribution in [0.25, 0.3) is 0 Å². The van der Waals surface area contributed by atoms with E-state index in [2.05, 4.69) is 10.0 Å². The zero-order chi connectivity index (χ0) is 15.5. The second kappa shape index (κ2) is 6.91. The van der Waals surface area contributed by atoms with Crippen LogP contribution >= 0.6 is 0 Å². The summed E-state index contributed by atoms with van der Waals surface area (Å²) < 4.78 is 35.1. The number of aromatic nitrogens is 1. The van der Waals surface area contributed by atoms with Gasteiger partial charge in [-0.15, -0.1) is 0 Å². The van der Waals surface area contributed by atoms with Crippen LogP contribution in [0.4, 0.5) is 0 Å². The minimum absolute atomic E-state index is 0.0748. The highest BCUT2D eigenvalue weighted by Gasteiger charge is 2.29. The molecule has 1 fully saturated rings. The van der Waals surface area contributed by atoms with Crippen molar-refractivity contribution < 1.29 is 13.2 Å². The molecule has 7 heteroatoms. The molecule has 0 aliphatic carbocycles. The number of ether oxygens (including phenoxy) is 1. The van der Waals surface area contributed by atoms with Gasteiger partial charge in [-0.2, -0.15) is 0 Å². The van der Waals surface area contributed by atoms with Gasteiger partial charge >= 0.3 is 0 Å². The van der Waals surface area contributed by atoms with E-state index < -0.39 is 10.0 Å². The Hall–Kier alpha value is -0.890. The smallest absolute Gasteiger partial charge is 0.242 e. The average molecular weight is 315 g/mol. The van der Waals surface area contributed by atoms with Gasteiger partial charge in [-0.05, 0) is 32.9 Å². The molecule has 1 aliphatic rings. The van der Waals surface area contributed by atoms with Crippen molar-refractivity contribution in [3.63, 3.8) is 0 Å². The van der Waals surface area contributed by atoms with Crippen LogP contribution in [0.15, 0.2) is 17.2 Å². The number of nitrogens with one attached hydrogen (secondary N) is 2. The molecule has 1 aromatic rings. The first kappa shape index (κ1) is 16.5. The fourth-order valence-corrected chi connectivity index (χ4v) is 3.92. The highest BCUT2D eigenvalue weighted by atomic mass is 32.2. The Morgan fingerprint density at radius 2 is 2.19 bits per heavy atom. The van der Waals surface area contributed by atoms with Crippen LogP contribution in [-0.4, -0.2) is 38.3 Å². The first-order chi connectivity index (χ1) is 9.97. The minimum atomic E-state index is -3.49. The fraction of sp³-hybridized carbons (Fsp3) is 0.714. The van der Waals surface area contributed by atoms with Crippen LogP contribution in [0.3, 0.4) is 0 Å². The molecule has 6 nitrogen and oxygen atoms in total. The summed E-state index contributed by atoms with van der Waals surface area (Å²) in [6.45, 7) is 8.81. The number of rotatable bonds is 7. The van der Waals surface area contributed by atoms with Crippen LogP contribution in [0, 0.1) is 0 Å². The zero-order valence-electron chi connectivity index (χ0n) is 12.9. The molecule has 2 N–H and O–H groups in total. The molecule has 1 aromatic heterocycles. The number of sulfonamides is 1. The molecule has 0 saturated carbocycles. The van der Waals surface area contributed by atoms with Crippen molar-refractivity contribution in [1.82, 2.24) is 14.6 Å². The Bertz CT molecular complexity index is 568. The maximum absolute atomic E-state index is 12.5. The van der Waals surface area contributed by atoms with Crippen LogP contribution < -0.4 is 10.0 Å². The Morgan fingerprint density at radius 3 is 2.76 bits per heavy atom. The zero-order valence-corrected chi connectivity index (χ0v) is 13.7. The minimum Gasteiger partial charge on any atom is -0.377 e. The molecule has 1 aliphatic heterocycles. The second-order valence-electron chi connectivity index (χ2n) is 5.33. The van der Waals surface area contributed by atoms with E-state index in [0.29, 0.717) is 18.0 Å². The molecule has 2 heterocycles. The lowest BCUT2D eigenvalue weighted by Crippen LogP contribution is -2.38. The van der Waals surface area contributed by atoms with E-state index in [0.717, 1.165) is 25.2 Å². The van der Waals surface area contributed by atoms with Crippen LogP contribution in [0.1, 0.15) is 32.9 Å². The lowest BCUT2D eigenvalue weighted by molar-refractivity contribution is 0.117. The molecule has 120 valence electrons. The van der Waals surface area contributed by atoms with Gasteiger partial charge in [0, 0.05) is 31.6 Å². The van der Waals surface area contributed by atoms with E-state index in [1.54, 1.807) is 12.3 Å². The first-order valence-electron chi connectivity index (χ1n) is 7.51. The monoisotopic (exact) mass is 315 g/mol. The van der Waals surface area contributed by atoms with Crippen LogP contribution in [0.2, 0.25) is 0 Å². The number of hydrogen-bond acceptors (Lipinski definition) is 4. The summed E-state index contributed by atoms with van der Waals surface area (Å²) in [6.07, 6.45) is 2.35. The van der Waals surface area contributed by atoms with Gasteiger partial charge in [0.25, 0.3) is 0 Å². The Kier molecular flexibility index (Phi) is 5.43. The Balaban J connectivity index is 2.17. The summed E-state index contributed by atoms with van der Waals surface area (Å²) in [5.41, 5.74) is 0.982. The molecule has 0 bridgehead atoms. The van der Waals surface area contributed by atoms with Crippen molar-refractivity contribution in [2.75, 3.05) is 13.2 Å². The molecule has 0 spiro atoms. The fourth-order valence-electron chi connectivity index (χ4n) is 2.52. The van der Waals surface area contributed by atoms with Crippen LogP contribution in [-0.2, 0) is 27.8 Å². The second-order valence-corrected chi connectivity index (χ2v) is 7.04. The molecule has 0 aromatic carbocycles. The average Bonchev–Trinajstić information content (AvgIpc) is 3.03. The Morgan fingerprint density at radius 1 is 1.43 bits per heavy atom. The predicted molar refractivity (Wildman–Crippen MR) is 81.6 cm³/mol. The number of nitrogens with zero attached hydrogens (tertiary/aromatic N) is 1. The van der Waals surface area contributed by atoms with Crippen molar-refractivity contribution in [1.29, 1.82) is 0 Å². The SMILES string of the molecule is CCNCc1cc(S(=O)(=O)NC2CCOC2C)cn1CC. The van der Waals surface area contributed by atoms with Gasteiger partial charge in [0.15, 0.2) is 0 Å². The molecule has 0 radical (unpaired) electrons. The highest BCUT2D eigenvalue weighted by molar-refractivity contribution is 7.89. The van der Waals surface area contributed by atoms with Gasteiger partial charge in [-0.3, -0.25) is 0 Å². The predicted octanol–water partition coefficient (Wildman–Crippen LogP) is 1.07. The van der Waals surface area contributed by atoms with Gasteiger partial charge in [0.05, 0.1) is 17.0 Å². The van der Waals surface area contributed by atoms with Crippen molar-refractivity contribution in [3.8, 4) is 0 Å². The summed E-state index contributed by atoms with van der Waals surface area (Å²) in [5, 5.41) is 3.23. The van der Waals surface area contributed by atoms with E-state index in [-0.39, 0.29) is 12.1 Å². The maximum Gasteiger partial charge on any atom is 0.242 e. The van der Waals surface area contributed by atoms with E-state index in [1.165, 1.54) is 0 Å². The number of aryl methyl sites for hydroxylation is 1. The normalized spacial score (nSPS) is 22.8. The molecular formula is C14H25N3O3S. The van der Waals surface area contributed by atoms with Crippen molar-refractivity contribution in [2.24, 2.45) is 0 Å². The van der Waals surface area contributed by atoms with E-state index in [9.17, 15) is 8.42 Å². The van der Waals surface area contributed by atoms with Crippen LogP contribution in [0.5, 0.6) is 0 Å². The highest BCUT2D eigenvalue weighted by Crippen LogP contribution is 2.19. The van der Waals surface area contributed by atoms with E-state index >= 15 is 0 Å². The molecule has 21 heavy (non-hydrogen) atoms. The van der Waals surface area contributed by atoms with Crippen molar-refractivity contribution in [2.45, 2.75) is 57.3 Å². The Labute approximate surface area is 126 Å². The molecule has 2 rings (SSSR count). The molecule has 2 unspecified atom stereocenters. The maximum atomic E-state index is 12.5. The first-order valence-corrected chi connectivity index (χ1v) is 9.00. The molecule has 1 saturated heterocycles.